The van der Waals surface area contributed by atoms with Gasteiger partial charge in [0.2, 0.25) is 11.1 Å². The number of hydrogen-bond donors (Lipinski definition) is 2. The SMILES string of the molecule is CC(C)n1nccc1NC(=O)CSc1n[nH]c(Cc2cccs2)n1. The minimum Gasteiger partial charge on any atom is -0.310 e. The smallest absolute Gasteiger partial charge is 0.235 e. The van der Waals surface area contributed by atoms with E-state index in [-0.39, 0.29) is 17.7 Å². The quantitative estimate of drug-likeness (QED) is 0.631. The average molecular weight is 362 g/mol. The summed E-state index contributed by atoms with van der Waals surface area (Å²) in [5.41, 5.74) is 0. The lowest BCUT2D eigenvalue weighted by Crippen LogP contribution is -2.18. The topological polar surface area (TPSA) is 88.5 Å². The van der Waals surface area contributed by atoms with Gasteiger partial charge in [-0.05, 0) is 25.3 Å². The number of rotatable bonds is 7. The van der Waals surface area contributed by atoms with E-state index in [1.165, 1.54) is 16.6 Å². The summed E-state index contributed by atoms with van der Waals surface area (Å²) in [6, 6.07) is 6.05. The summed E-state index contributed by atoms with van der Waals surface area (Å²) < 4.78 is 1.77. The largest absolute Gasteiger partial charge is 0.310 e. The van der Waals surface area contributed by atoms with Crippen LogP contribution in [0, 0.1) is 0 Å². The van der Waals surface area contributed by atoms with Gasteiger partial charge in [0.25, 0.3) is 0 Å². The first kappa shape index (κ1) is 16.7. The second kappa shape index (κ2) is 7.63. The number of thiophene rings is 1. The van der Waals surface area contributed by atoms with E-state index in [4.69, 9.17) is 0 Å². The third-order valence-electron chi connectivity index (χ3n) is 3.19. The molecule has 0 aliphatic carbocycles. The van der Waals surface area contributed by atoms with Crippen LogP contribution < -0.4 is 5.32 Å². The summed E-state index contributed by atoms with van der Waals surface area (Å²) in [5, 5.41) is 16.7. The van der Waals surface area contributed by atoms with Crippen molar-refractivity contribution in [3.05, 3.63) is 40.5 Å². The Morgan fingerprint density at radius 2 is 2.33 bits per heavy atom. The molecule has 0 fully saturated rings. The normalized spacial score (nSPS) is 11.1. The van der Waals surface area contributed by atoms with E-state index in [1.54, 1.807) is 28.3 Å². The number of thioether (sulfide) groups is 1. The maximum absolute atomic E-state index is 12.1. The Balaban J connectivity index is 1.51. The van der Waals surface area contributed by atoms with Crippen LogP contribution in [-0.2, 0) is 11.2 Å². The van der Waals surface area contributed by atoms with Crippen LogP contribution in [0.4, 0.5) is 5.82 Å². The Morgan fingerprint density at radius 1 is 1.46 bits per heavy atom. The molecule has 1 amide bonds. The number of anilines is 1. The summed E-state index contributed by atoms with van der Waals surface area (Å²) in [4.78, 5) is 17.7. The summed E-state index contributed by atoms with van der Waals surface area (Å²) in [7, 11) is 0. The summed E-state index contributed by atoms with van der Waals surface area (Å²) in [6.07, 6.45) is 2.40. The first-order chi connectivity index (χ1) is 11.6. The van der Waals surface area contributed by atoms with Crippen LogP contribution in [0.5, 0.6) is 0 Å². The fourth-order valence-electron chi connectivity index (χ4n) is 2.13. The molecule has 0 unspecified atom stereocenters. The molecular formula is C15H18N6OS2. The van der Waals surface area contributed by atoms with Gasteiger partial charge < -0.3 is 5.32 Å². The Kier molecular flexibility index (Phi) is 5.31. The standard InChI is InChI=1S/C15H18N6OS2/c1-10(2)21-13(5-6-16-21)18-14(22)9-24-15-17-12(19-20-15)8-11-4-3-7-23-11/h3-7,10H,8-9H2,1-2H3,(H,18,22)(H,17,19,20). The van der Waals surface area contributed by atoms with Crippen LogP contribution in [0.3, 0.4) is 0 Å². The van der Waals surface area contributed by atoms with E-state index >= 15 is 0 Å². The highest BCUT2D eigenvalue weighted by Gasteiger charge is 2.12. The van der Waals surface area contributed by atoms with Crippen LogP contribution in [0.1, 0.15) is 30.6 Å². The number of aromatic nitrogens is 5. The zero-order valence-electron chi connectivity index (χ0n) is 13.4. The van der Waals surface area contributed by atoms with Crippen molar-refractivity contribution in [2.75, 3.05) is 11.1 Å². The Labute approximate surface area is 147 Å². The number of amides is 1. The monoisotopic (exact) mass is 362 g/mol. The highest BCUT2D eigenvalue weighted by molar-refractivity contribution is 7.99. The molecule has 0 atom stereocenters. The molecule has 9 heteroatoms. The molecule has 0 saturated heterocycles. The Morgan fingerprint density at radius 3 is 3.08 bits per heavy atom. The first-order valence-electron chi connectivity index (χ1n) is 7.51. The number of H-pyrrole nitrogens is 1. The van der Waals surface area contributed by atoms with Crippen LogP contribution in [0.15, 0.2) is 34.9 Å². The second-order valence-electron chi connectivity index (χ2n) is 5.41. The van der Waals surface area contributed by atoms with Crippen molar-refractivity contribution in [1.82, 2.24) is 25.0 Å². The molecule has 0 aliphatic rings. The first-order valence-corrected chi connectivity index (χ1v) is 9.38. The van der Waals surface area contributed by atoms with Crippen molar-refractivity contribution in [1.29, 1.82) is 0 Å². The summed E-state index contributed by atoms with van der Waals surface area (Å²) >= 11 is 2.99. The highest BCUT2D eigenvalue weighted by Crippen LogP contribution is 2.17. The number of carbonyl (C=O) groups is 1. The van der Waals surface area contributed by atoms with Gasteiger partial charge in [-0.3, -0.25) is 9.89 Å². The maximum Gasteiger partial charge on any atom is 0.235 e. The molecule has 7 nitrogen and oxygen atoms in total. The maximum atomic E-state index is 12.1. The van der Waals surface area contributed by atoms with Gasteiger partial charge in [-0.15, -0.1) is 16.4 Å². The predicted molar refractivity (Wildman–Crippen MR) is 95.5 cm³/mol. The zero-order valence-corrected chi connectivity index (χ0v) is 15.0. The van der Waals surface area contributed by atoms with Crippen molar-refractivity contribution < 1.29 is 4.79 Å². The van der Waals surface area contributed by atoms with Crippen molar-refractivity contribution >= 4 is 34.8 Å². The van der Waals surface area contributed by atoms with Crippen molar-refractivity contribution in [2.45, 2.75) is 31.5 Å². The fraction of sp³-hybridized carbons (Fsp3) is 0.333. The molecule has 0 aliphatic heterocycles. The van der Waals surface area contributed by atoms with Crippen LogP contribution in [0.2, 0.25) is 0 Å². The van der Waals surface area contributed by atoms with E-state index in [0.717, 1.165) is 12.2 Å². The molecule has 3 heterocycles. The molecule has 3 aromatic heterocycles. The molecule has 3 aromatic rings. The lowest BCUT2D eigenvalue weighted by molar-refractivity contribution is -0.113. The van der Waals surface area contributed by atoms with Crippen LogP contribution >= 0.6 is 23.1 Å². The van der Waals surface area contributed by atoms with Gasteiger partial charge in [-0.2, -0.15) is 5.10 Å². The number of aromatic amines is 1. The highest BCUT2D eigenvalue weighted by atomic mass is 32.2. The minimum absolute atomic E-state index is 0.105. The van der Waals surface area contributed by atoms with E-state index in [0.29, 0.717) is 11.0 Å². The van der Waals surface area contributed by atoms with E-state index in [2.05, 4.69) is 31.7 Å². The Bertz CT molecular complexity index is 793. The predicted octanol–water partition coefficient (Wildman–Crippen LogP) is 2.97. The van der Waals surface area contributed by atoms with Crippen LogP contribution in [-0.4, -0.2) is 36.6 Å². The van der Waals surface area contributed by atoms with Gasteiger partial charge >= 0.3 is 0 Å². The van der Waals surface area contributed by atoms with Crippen molar-refractivity contribution in [3.63, 3.8) is 0 Å². The number of nitrogens with one attached hydrogen (secondary N) is 2. The molecule has 0 spiro atoms. The van der Waals surface area contributed by atoms with Gasteiger partial charge in [-0.25, -0.2) is 9.67 Å². The summed E-state index contributed by atoms with van der Waals surface area (Å²) in [5.74, 6) is 1.65. The van der Waals surface area contributed by atoms with E-state index < -0.39 is 0 Å². The zero-order chi connectivity index (χ0) is 16.9. The molecule has 126 valence electrons. The molecule has 0 saturated carbocycles. The van der Waals surface area contributed by atoms with Crippen LogP contribution in [0.25, 0.3) is 0 Å². The molecule has 24 heavy (non-hydrogen) atoms. The average Bonchev–Trinajstić information content (AvgIpc) is 3.27. The lowest BCUT2D eigenvalue weighted by atomic mass is 10.3. The molecule has 0 radical (unpaired) electrons. The van der Waals surface area contributed by atoms with Crippen molar-refractivity contribution in [2.24, 2.45) is 0 Å². The van der Waals surface area contributed by atoms with Crippen molar-refractivity contribution in [3.8, 4) is 0 Å². The molecule has 0 bridgehead atoms. The van der Waals surface area contributed by atoms with E-state index in [1.807, 2.05) is 25.3 Å². The number of nitrogens with zero attached hydrogens (tertiary/aromatic N) is 4. The van der Waals surface area contributed by atoms with Gasteiger partial charge in [0.15, 0.2) is 0 Å². The number of hydrogen-bond acceptors (Lipinski definition) is 6. The fourth-order valence-corrected chi connectivity index (χ4v) is 3.46. The lowest BCUT2D eigenvalue weighted by Gasteiger charge is -2.11. The van der Waals surface area contributed by atoms with Gasteiger partial charge in [0.05, 0.1) is 11.9 Å². The second-order valence-corrected chi connectivity index (χ2v) is 7.39. The summed E-state index contributed by atoms with van der Waals surface area (Å²) in [6.45, 7) is 4.03. The number of carbonyl (C=O) groups excluding carboxylic acids is 1. The third-order valence-corrected chi connectivity index (χ3v) is 4.92. The van der Waals surface area contributed by atoms with Gasteiger partial charge in [-0.1, -0.05) is 17.8 Å². The van der Waals surface area contributed by atoms with Gasteiger partial charge in [0, 0.05) is 23.4 Å². The minimum atomic E-state index is -0.105. The molecule has 2 N–H and O–H groups in total. The van der Waals surface area contributed by atoms with E-state index in [9.17, 15) is 4.79 Å². The molecular weight excluding hydrogens is 344 g/mol. The third kappa shape index (κ3) is 4.24. The molecule has 0 aromatic carbocycles. The molecule has 3 rings (SSSR count). The van der Waals surface area contributed by atoms with Gasteiger partial charge in [0.1, 0.15) is 11.6 Å². The Hall–Kier alpha value is -2.13.